The number of likely N-dealkylation sites (tertiary alicyclic amines) is 1. The molecule has 114 valence electrons. The van der Waals surface area contributed by atoms with E-state index >= 15 is 0 Å². The lowest BCUT2D eigenvalue weighted by atomic mass is 10.1. The van der Waals surface area contributed by atoms with E-state index in [1.165, 1.54) is 30.3 Å². The number of nitro benzene ring substituents is 1. The Balaban J connectivity index is 1.83. The minimum absolute atomic E-state index is 0.0197. The van der Waals surface area contributed by atoms with E-state index in [1.54, 1.807) is 6.07 Å². The standard InChI is InChI=1S/C14H17ClN2O3S/c15-12-10-11(17(19)20)4-5-13(12)21-9-6-14(18)16-7-2-1-3-8-16/h4-5,10H,1-3,6-9H2. The SMILES string of the molecule is O=C(CCSc1ccc([N+](=O)[O-])cc1Cl)N1CCCCC1. The number of amides is 1. The van der Waals surface area contributed by atoms with Gasteiger partial charge in [-0.2, -0.15) is 0 Å². The lowest BCUT2D eigenvalue weighted by Gasteiger charge is -2.26. The van der Waals surface area contributed by atoms with Crippen molar-refractivity contribution in [1.29, 1.82) is 0 Å². The zero-order valence-electron chi connectivity index (χ0n) is 11.6. The van der Waals surface area contributed by atoms with Crippen molar-refractivity contribution in [2.75, 3.05) is 18.8 Å². The summed E-state index contributed by atoms with van der Waals surface area (Å²) in [5.74, 6) is 0.813. The van der Waals surface area contributed by atoms with Gasteiger partial charge in [0, 0.05) is 42.3 Å². The number of hydrogen-bond donors (Lipinski definition) is 0. The summed E-state index contributed by atoms with van der Waals surface area (Å²) >= 11 is 7.47. The number of carbonyl (C=O) groups excluding carboxylic acids is 1. The van der Waals surface area contributed by atoms with E-state index < -0.39 is 4.92 Å². The third-order valence-electron chi connectivity index (χ3n) is 3.41. The molecule has 0 saturated carbocycles. The minimum atomic E-state index is -0.472. The van der Waals surface area contributed by atoms with Crippen LogP contribution in [0.2, 0.25) is 5.02 Å². The van der Waals surface area contributed by atoms with E-state index in [-0.39, 0.29) is 11.6 Å². The maximum Gasteiger partial charge on any atom is 0.270 e. The van der Waals surface area contributed by atoms with E-state index in [2.05, 4.69) is 0 Å². The predicted molar refractivity (Wildman–Crippen MR) is 83.9 cm³/mol. The first-order valence-corrected chi connectivity index (χ1v) is 8.29. The van der Waals surface area contributed by atoms with Crippen LogP contribution < -0.4 is 0 Å². The van der Waals surface area contributed by atoms with Crippen LogP contribution in [0.25, 0.3) is 0 Å². The van der Waals surface area contributed by atoms with E-state index in [4.69, 9.17) is 11.6 Å². The summed E-state index contributed by atoms with van der Waals surface area (Å²) in [6.45, 7) is 1.73. The molecule has 0 aliphatic carbocycles. The van der Waals surface area contributed by atoms with Crippen molar-refractivity contribution in [3.63, 3.8) is 0 Å². The van der Waals surface area contributed by atoms with E-state index in [9.17, 15) is 14.9 Å². The Kier molecular flexibility index (Phi) is 5.87. The Morgan fingerprint density at radius 1 is 1.33 bits per heavy atom. The molecule has 0 spiro atoms. The van der Waals surface area contributed by atoms with Crippen molar-refractivity contribution < 1.29 is 9.72 Å². The molecule has 1 aromatic carbocycles. The van der Waals surface area contributed by atoms with Gasteiger partial charge in [-0.05, 0) is 25.3 Å². The Hall–Kier alpha value is -1.27. The second-order valence-corrected chi connectivity index (χ2v) is 6.46. The Labute approximate surface area is 132 Å². The first-order chi connectivity index (χ1) is 10.1. The van der Waals surface area contributed by atoms with Crippen molar-refractivity contribution in [3.05, 3.63) is 33.3 Å². The summed E-state index contributed by atoms with van der Waals surface area (Å²) in [4.78, 5) is 24.9. The molecule has 5 nitrogen and oxygen atoms in total. The molecule has 21 heavy (non-hydrogen) atoms. The summed E-state index contributed by atoms with van der Waals surface area (Å²) in [6, 6.07) is 4.41. The number of halogens is 1. The summed E-state index contributed by atoms with van der Waals surface area (Å²) in [7, 11) is 0. The molecule has 1 aliphatic heterocycles. The molecular formula is C14H17ClN2O3S. The Morgan fingerprint density at radius 2 is 2.05 bits per heavy atom. The monoisotopic (exact) mass is 328 g/mol. The fourth-order valence-corrected chi connectivity index (χ4v) is 3.47. The highest BCUT2D eigenvalue weighted by atomic mass is 35.5. The van der Waals surface area contributed by atoms with Gasteiger partial charge in [-0.1, -0.05) is 11.6 Å². The molecule has 2 rings (SSSR count). The third kappa shape index (κ3) is 4.61. The average molecular weight is 329 g/mol. The fourth-order valence-electron chi connectivity index (χ4n) is 2.27. The van der Waals surface area contributed by atoms with Crippen LogP contribution in [0.1, 0.15) is 25.7 Å². The van der Waals surface area contributed by atoms with E-state index in [1.807, 2.05) is 4.90 Å². The molecule has 0 aromatic heterocycles. The van der Waals surface area contributed by atoms with Gasteiger partial charge in [-0.3, -0.25) is 14.9 Å². The molecule has 0 atom stereocenters. The molecule has 1 heterocycles. The number of hydrogen-bond acceptors (Lipinski definition) is 4. The highest BCUT2D eigenvalue weighted by molar-refractivity contribution is 7.99. The second kappa shape index (κ2) is 7.66. The lowest BCUT2D eigenvalue weighted by Crippen LogP contribution is -2.35. The van der Waals surface area contributed by atoms with E-state index in [0.717, 1.165) is 30.8 Å². The van der Waals surface area contributed by atoms with Gasteiger partial charge < -0.3 is 4.90 Å². The highest BCUT2D eigenvalue weighted by Crippen LogP contribution is 2.30. The zero-order valence-corrected chi connectivity index (χ0v) is 13.2. The number of benzene rings is 1. The average Bonchev–Trinajstić information content (AvgIpc) is 2.49. The van der Waals surface area contributed by atoms with Crippen LogP contribution in [0.3, 0.4) is 0 Å². The topological polar surface area (TPSA) is 63.4 Å². The lowest BCUT2D eigenvalue weighted by molar-refractivity contribution is -0.384. The molecule has 1 saturated heterocycles. The van der Waals surface area contributed by atoms with E-state index in [0.29, 0.717) is 17.2 Å². The number of nitrogens with zero attached hydrogens (tertiary/aromatic N) is 2. The summed E-state index contributed by atoms with van der Waals surface area (Å²) < 4.78 is 0. The fraction of sp³-hybridized carbons (Fsp3) is 0.500. The Morgan fingerprint density at radius 3 is 2.67 bits per heavy atom. The van der Waals surface area contributed by atoms with Gasteiger partial charge in [0.15, 0.2) is 0 Å². The van der Waals surface area contributed by atoms with Crippen LogP contribution in [-0.4, -0.2) is 34.6 Å². The number of rotatable bonds is 5. The van der Waals surface area contributed by atoms with Crippen molar-refractivity contribution in [3.8, 4) is 0 Å². The quantitative estimate of drug-likeness (QED) is 0.469. The van der Waals surface area contributed by atoms with Crippen LogP contribution >= 0.6 is 23.4 Å². The molecule has 0 radical (unpaired) electrons. The molecular weight excluding hydrogens is 312 g/mol. The maximum atomic E-state index is 12.0. The molecule has 0 N–H and O–H groups in total. The molecule has 1 amide bonds. The van der Waals surface area contributed by atoms with Crippen molar-refractivity contribution in [2.45, 2.75) is 30.6 Å². The molecule has 0 unspecified atom stereocenters. The summed E-state index contributed by atoms with van der Waals surface area (Å²) in [6.07, 6.45) is 3.86. The van der Waals surface area contributed by atoms with Gasteiger partial charge in [0.2, 0.25) is 5.91 Å². The summed E-state index contributed by atoms with van der Waals surface area (Å²) in [5, 5.41) is 11.0. The summed E-state index contributed by atoms with van der Waals surface area (Å²) in [5.41, 5.74) is -0.0197. The Bertz CT molecular complexity index is 533. The number of carbonyl (C=O) groups is 1. The normalized spacial score (nSPS) is 15.0. The third-order valence-corrected chi connectivity index (χ3v) is 4.91. The van der Waals surface area contributed by atoms with Gasteiger partial charge >= 0.3 is 0 Å². The van der Waals surface area contributed by atoms with Gasteiger partial charge in [0.25, 0.3) is 5.69 Å². The van der Waals surface area contributed by atoms with Crippen molar-refractivity contribution in [2.24, 2.45) is 0 Å². The van der Waals surface area contributed by atoms with Crippen LogP contribution in [0, 0.1) is 10.1 Å². The number of nitro groups is 1. The molecule has 7 heteroatoms. The van der Waals surface area contributed by atoms with Crippen LogP contribution in [0.5, 0.6) is 0 Å². The van der Waals surface area contributed by atoms with Gasteiger partial charge in [-0.15, -0.1) is 11.8 Å². The van der Waals surface area contributed by atoms with Gasteiger partial charge in [0.05, 0.1) is 9.95 Å². The molecule has 1 aromatic rings. The first kappa shape index (κ1) is 16.1. The zero-order chi connectivity index (χ0) is 15.2. The molecule has 0 bridgehead atoms. The number of thioether (sulfide) groups is 1. The number of non-ortho nitro benzene ring substituents is 1. The van der Waals surface area contributed by atoms with Crippen LogP contribution in [0.4, 0.5) is 5.69 Å². The first-order valence-electron chi connectivity index (χ1n) is 6.92. The molecule has 1 fully saturated rings. The maximum absolute atomic E-state index is 12.0. The van der Waals surface area contributed by atoms with Crippen LogP contribution in [0.15, 0.2) is 23.1 Å². The molecule has 1 aliphatic rings. The van der Waals surface area contributed by atoms with Gasteiger partial charge in [0.1, 0.15) is 0 Å². The van der Waals surface area contributed by atoms with Crippen LogP contribution in [-0.2, 0) is 4.79 Å². The largest absolute Gasteiger partial charge is 0.343 e. The predicted octanol–water partition coefficient (Wildman–Crippen LogP) is 3.74. The smallest absolute Gasteiger partial charge is 0.270 e. The van der Waals surface area contributed by atoms with Crippen molar-refractivity contribution >= 4 is 35.0 Å². The minimum Gasteiger partial charge on any atom is -0.343 e. The second-order valence-electron chi connectivity index (χ2n) is 4.91. The number of piperidine rings is 1. The van der Waals surface area contributed by atoms with Gasteiger partial charge in [-0.25, -0.2) is 0 Å². The van der Waals surface area contributed by atoms with Crippen molar-refractivity contribution in [1.82, 2.24) is 4.90 Å². The highest BCUT2D eigenvalue weighted by Gasteiger charge is 2.16.